The molecule has 1 aliphatic carbocycles. The summed E-state index contributed by atoms with van der Waals surface area (Å²) in [6.45, 7) is 3.80. The van der Waals surface area contributed by atoms with Gasteiger partial charge in [0.15, 0.2) is 0 Å². The van der Waals surface area contributed by atoms with Crippen LogP contribution in [0.2, 0.25) is 5.02 Å². The van der Waals surface area contributed by atoms with E-state index in [1.807, 2.05) is 23.3 Å². The molecule has 2 N–H and O–H groups in total. The van der Waals surface area contributed by atoms with Gasteiger partial charge < -0.3 is 10.4 Å². The number of thiophene rings is 1. The van der Waals surface area contributed by atoms with Crippen molar-refractivity contribution in [1.82, 2.24) is 10.2 Å². The second kappa shape index (κ2) is 6.70. The number of carboxylic acid groups (broad SMARTS) is 1. The first-order valence-electron chi connectivity index (χ1n) is 6.50. The third-order valence-electron chi connectivity index (χ3n) is 3.56. The van der Waals surface area contributed by atoms with E-state index in [0.717, 1.165) is 31.0 Å². The number of hydrogen-bond donors (Lipinski definition) is 2. The van der Waals surface area contributed by atoms with Gasteiger partial charge in [-0.3, -0.25) is 9.69 Å². The lowest BCUT2D eigenvalue weighted by molar-refractivity contribution is -0.139. The van der Waals surface area contributed by atoms with Crippen molar-refractivity contribution in [3.05, 3.63) is 21.3 Å². The molecule has 0 atom stereocenters. The molecule has 106 valence electrons. The number of nitrogens with zero attached hydrogens (tertiary/aromatic N) is 1. The second-order valence-corrected chi connectivity index (χ2v) is 6.32. The van der Waals surface area contributed by atoms with Gasteiger partial charge in [-0.05, 0) is 25.5 Å². The Bertz CT molecular complexity index is 432. The third-order valence-corrected chi connectivity index (χ3v) is 4.85. The van der Waals surface area contributed by atoms with Crippen LogP contribution in [0.1, 0.15) is 24.6 Å². The number of rotatable bonds is 7. The molecule has 0 amide bonds. The maximum Gasteiger partial charge on any atom is 0.317 e. The molecule has 0 aromatic carbocycles. The van der Waals surface area contributed by atoms with Crippen molar-refractivity contribution in [2.45, 2.75) is 38.4 Å². The van der Waals surface area contributed by atoms with E-state index in [1.54, 1.807) is 11.3 Å². The Morgan fingerprint density at radius 2 is 2.37 bits per heavy atom. The molecule has 1 aromatic rings. The monoisotopic (exact) mass is 302 g/mol. The van der Waals surface area contributed by atoms with Crippen molar-refractivity contribution in [2.75, 3.05) is 13.1 Å². The van der Waals surface area contributed by atoms with Crippen LogP contribution in [-0.4, -0.2) is 41.1 Å². The summed E-state index contributed by atoms with van der Waals surface area (Å²) in [5.74, 6) is -0.744. The van der Waals surface area contributed by atoms with Crippen molar-refractivity contribution in [3.63, 3.8) is 0 Å². The summed E-state index contributed by atoms with van der Waals surface area (Å²) in [6, 6.07) is 2.89. The zero-order valence-electron chi connectivity index (χ0n) is 10.9. The van der Waals surface area contributed by atoms with Crippen molar-refractivity contribution >= 4 is 28.9 Å². The van der Waals surface area contributed by atoms with Gasteiger partial charge >= 0.3 is 5.97 Å². The lowest BCUT2D eigenvalue weighted by atomic mass is 9.85. The molecule has 0 radical (unpaired) electrons. The standard InChI is InChI=1S/C13H19ClN2O2S/c1-2-16(7-13(17)18)11-4-10(5-11)15-6-12-3-9(14)8-19-12/h3,8,10-11,15H,2,4-7H2,1H3,(H,17,18). The minimum Gasteiger partial charge on any atom is -0.480 e. The van der Waals surface area contributed by atoms with Crippen molar-refractivity contribution < 1.29 is 9.90 Å². The molecule has 1 aromatic heterocycles. The Hall–Kier alpha value is -0.620. The predicted octanol–water partition coefficient (Wildman–Crippen LogP) is 2.43. The van der Waals surface area contributed by atoms with Crippen LogP contribution in [0, 0.1) is 0 Å². The van der Waals surface area contributed by atoms with Gasteiger partial charge in [0.25, 0.3) is 0 Å². The van der Waals surface area contributed by atoms with Crippen LogP contribution >= 0.6 is 22.9 Å². The molecule has 2 rings (SSSR count). The number of halogens is 1. The van der Waals surface area contributed by atoms with Gasteiger partial charge in [-0.2, -0.15) is 0 Å². The van der Waals surface area contributed by atoms with E-state index in [-0.39, 0.29) is 6.54 Å². The van der Waals surface area contributed by atoms with Crippen LogP contribution in [0.4, 0.5) is 0 Å². The first-order chi connectivity index (χ1) is 9.08. The van der Waals surface area contributed by atoms with Gasteiger partial charge in [0.1, 0.15) is 0 Å². The molecule has 0 aliphatic heterocycles. The normalized spacial score (nSPS) is 22.5. The molecule has 0 unspecified atom stereocenters. The lowest BCUT2D eigenvalue weighted by Crippen LogP contribution is -2.53. The van der Waals surface area contributed by atoms with E-state index >= 15 is 0 Å². The molecular weight excluding hydrogens is 284 g/mol. The molecular formula is C13H19ClN2O2S. The summed E-state index contributed by atoms with van der Waals surface area (Å²) in [5.41, 5.74) is 0. The smallest absolute Gasteiger partial charge is 0.317 e. The first kappa shape index (κ1) is 14.8. The highest BCUT2D eigenvalue weighted by atomic mass is 35.5. The number of nitrogens with one attached hydrogen (secondary N) is 1. The zero-order chi connectivity index (χ0) is 13.8. The summed E-state index contributed by atoms with van der Waals surface area (Å²) in [7, 11) is 0. The van der Waals surface area contributed by atoms with E-state index < -0.39 is 5.97 Å². The molecule has 0 saturated heterocycles. The molecule has 1 saturated carbocycles. The van der Waals surface area contributed by atoms with E-state index in [0.29, 0.717) is 12.1 Å². The fraction of sp³-hybridized carbons (Fsp3) is 0.615. The van der Waals surface area contributed by atoms with Crippen molar-refractivity contribution in [1.29, 1.82) is 0 Å². The average molecular weight is 303 g/mol. The number of carboxylic acids is 1. The van der Waals surface area contributed by atoms with Gasteiger partial charge in [-0.15, -0.1) is 11.3 Å². The lowest BCUT2D eigenvalue weighted by Gasteiger charge is -2.42. The highest BCUT2D eigenvalue weighted by molar-refractivity contribution is 7.10. The molecule has 0 spiro atoms. The summed E-state index contributed by atoms with van der Waals surface area (Å²) in [6.07, 6.45) is 2.06. The minimum absolute atomic E-state index is 0.147. The number of likely N-dealkylation sites (N-methyl/N-ethyl adjacent to an activating group) is 1. The third kappa shape index (κ3) is 4.18. The average Bonchev–Trinajstić information content (AvgIpc) is 2.71. The number of aliphatic carboxylic acids is 1. The fourth-order valence-corrected chi connectivity index (χ4v) is 3.44. The number of carbonyl (C=O) groups is 1. The largest absolute Gasteiger partial charge is 0.480 e. The van der Waals surface area contributed by atoms with E-state index in [2.05, 4.69) is 5.32 Å². The first-order valence-corrected chi connectivity index (χ1v) is 7.76. The van der Waals surface area contributed by atoms with Crippen LogP contribution in [0.3, 0.4) is 0 Å². The molecule has 1 fully saturated rings. The van der Waals surface area contributed by atoms with E-state index in [9.17, 15) is 4.79 Å². The van der Waals surface area contributed by atoms with Crippen LogP contribution in [0.25, 0.3) is 0 Å². The Morgan fingerprint density at radius 3 is 2.89 bits per heavy atom. The zero-order valence-corrected chi connectivity index (χ0v) is 12.5. The summed E-state index contributed by atoms with van der Waals surface area (Å²) in [4.78, 5) is 14.0. The van der Waals surface area contributed by atoms with E-state index in [1.165, 1.54) is 4.88 Å². The molecule has 0 bridgehead atoms. The van der Waals surface area contributed by atoms with Crippen molar-refractivity contribution in [3.8, 4) is 0 Å². The van der Waals surface area contributed by atoms with Gasteiger partial charge in [-0.25, -0.2) is 0 Å². The minimum atomic E-state index is -0.744. The van der Waals surface area contributed by atoms with Crippen LogP contribution in [-0.2, 0) is 11.3 Å². The Labute approximate surface area is 122 Å². The highest BCUT2D eigenvalue weighted by Gasteiger charge is 2.33. The van der Waals surface area contributed by atoms with E-state index in [4.69, 9.17) is 16.7 Å². The summed E-state index contributed by atoms with van der Waals surface area (Å²) in [5, 5.41) is 15.1. The van der Waals surface area contributed by atoms with Gasteiger partial charge in [0.05, 0.1) is 11.6 Å². The van der Waals surface area contributed by atoms with Crippen LogP contribution in [0.5, 0.6) is 0 Å². The molecule has 4 nitrogen and oxygen atoms in total. The number of hydrogen-bond acceptors (Lipinski definition) is 4. The van der Waals surface area contributed by atoms with Crippen LogP contribution in [0.15, 0.2) is 11.4 Å². The highest BCUT2D eigenvalue weighted by Crippen LogP contribution is 2.26. The Balaban J connectivity index is 1.69. The topological polar surface area (TPSA) is 52.6 Å². The Morgan fingerprint density at radius 1 is 1.63 bits per heavy atom. The van der Waals surface area contributed by atoms with Gasteiger partial charge in [-0.1, -0.05) is 18.5 Å². The quantitative estimate of drug-likeness (QED) is 0.812. The molecule has 1 heterocycles. The van der Waals surface area contributed by atoms with Crippen LogP contribution < -0.4 is 5.32 Å². The second-order valence-electron chi connectivity index (χ2n) is 4.89. The fourth-order valence-electron chi connectivity index (χ4n) is 2.42. The molecule has 1 aliphatic rings. The molecule has 19 heavy (non-hydrogen) atoms. The SMILES string of the molecule is CCN(CC(=O)O)C1CC(NCc2cc(Cl)cs2)C1. The van der Waals surface area contributed by atoms with Gasteiger partial charge in [0.2, 0.25) is 0 Å². The predicted molar refractivity (Wildman–Crippen MR) is 77.9 cm³/mol. The summed E-state index contributed by atoms with van der Waals surface area (Å²) < 4.78 is 0. The maximum absolute atomic E-state index is 10.7. The Kier molecular flexibility index (Phi) is 5.21. The van der Waals surface area contributed by atoms with Gasteiger partial charge in [0, 0.05) is 28.9 Å². The molecule has 6 heteroatoms. The maximum atomic E-state index is 10.7. The summed E-state index contributed by atoms with van der Waals surface area (Å²) >= 11 is 7.54. The van der Waals surface area contributed by atoms with Crippen molar-refractivity contribution in [2.24, 2.45) is 0 Å².